The van der Waals surface area contributed by atoms with E-state index in [4.69, 9.17) is 4.74 Å². The van der Waals surface area contributed by atoms with Crippen LogP contribution in [0.25, 0.3) is 0 Å². The van der Waals surface area contributed by atoms with Gasteiger partial charge in [-0.2, -0.15) is 0 Å². The molecular formula is C19H22N2O2. The highest BCUT2D eigenvalue weighted by Gasteiger charge is 2.27. The number of hydrogen-bond donors (Lipinski definition) is 1. The van der Waals surface area contributed by atoms with Crippen molar-refractivity contribution in [1.82, 2.24) is 0 Å². The van der Waals surface area contributed by atoms with Gasteiger partial charge in [-0.05, 0) is 56.2 Å². The van der Waals surface area contributed by atoms with Crippen LogP contribution in [-0.4, -0.2) is 25.1 Å². The van der Waals surface area contributed by atoms with E-state index in [-0.39, 0.29) is 11.9 Å². The Morgan fingerprint density at radius 3 is 2.70 bits per heavy atom. The average molecular weight is 310 g/mol. The van der Waals surface area contributed by atoms with Crippen molar-refractivity contribution >= 4 is 17.3 Å². The fourth-order valence-corrected chi connectivity index (χ4v) is 2.93. The maximum Gasteiger partial charge on any atom is 0.249 e. The minimum atomic E-state index is -0.279. The van der Waals surface area contributed by atoms with E-state index in [0.29, 0.717) is 6.61 Å². The molecule has 0 aromatic heterocycles. The van der Waals surface area contributed by atoms with E-state index in [1.54, 1.807) is 0 Å². The van der Waals surface area contributed by atoms with Crippen LogP contribution in [0.4, 0.5) is 11.4 Å². The first-order valence-electron chi connectivity index (χ1n) is 8.07. The molecule has 0 bridgehead atoms. The number of para-hydroxylation sites is 1. The lowest BCUT2D eigenvalue weighted by Crippen LogP contribution is -2.40. The van der Waals surface area contributed by atoms with Crippen LogP contribution in [0, 0.1) is 0 Å². The summed E-state index contributed by atoms with van der Waals surface area (Å²) in [6.07, 6.45) is 0.928. The normalized spacial score (nSPS) is 14.3. The molecule has 2 aromatic rings. The SMILES string of the molecule is CCOc1ccc(N[C@H](C)C(=O)N2CCc3ccccc32)cc1. The molecule has 0 radical (unpaired) electrons. The lowest BCUT2D eigenvalue weighted by Gasteiger charge is -2.23. The number of carbonyl (C=O) groups excluding carboxylic acids is 1. The Bertz CT molecular complexity index is 682. The van der Waals surface area contributed by atoms with Gasteiger partial charge in [-0.3, -0.25) is 4.79 Å². The average Bonchev–Trinajstić information content (AvgIpc) is 3.00. The molecule has 23 heavy (non-hydrogen) atoms. The van der Waals surface area contributed by atoms with Crippen LogP contribution >= 0.6 is 0 Å². The second kappa shape index (κ2) is 6.73. The number of anilines is 2. The number of nitrogens with zero attached hydrogens (tertiary/aromatic N) is 1. The van der Waals surface area contributed by atoms with Gasteiger partial charge >= 0.3 is 0 Å². The number of carbonyl (C=O) groups is 1. The number of benzene rings is 2. The van der Waals surface area contributed by atoms with Crippen LogP contribution in [0.5, 0.6) is 5.75 Å². The number of ether oxygens (including phenoxy) is 1. The van der Waals surface area contributed by atoms with Gasteiger partial charge in [0.1, 0.15) is 11.8 Å². The van der Waals surface area contributed by atoms with E-state index >= 15 is 0 Å². The molecule has 0 fully saturated rings. The third kappa shape index (κ3) is 3.31. The number of fused-ring (bicyclic) bond motifs is 1. The Morgan fingerprint density at radius 2 is 1.96 bits per heavy atom. The molecule has 0 saturated heterocycles. The summed E-state index contributed by atoms with van der Waals surface area (Å²) in [6.45, 7) is 5.27. The van der Waals surface area contributed by atoms with Gasteiger partial charge < -0.3 is 15.0 Å². The highest BCUT2D eigenvalue weighted by Crippen LogP contribution is 2.28. The van der Waals surface area contributed by atoms with Crippen molar-refractivity contribution in [3.8, 4) is 5.75 Å². The zero-order chi connectivity index (χ0) is 16.2. The fourth-order valence-electron chi connectivity index (χ4n) is 2.93. The third-order valence-corrected chi connectivity index (χ3v) is 4.07. The van der Waals surface area contributed by atoms with Gasteiger partial charge in [-0.1, -0.05) is 18.2 Å². The maximum absolute atomic E-state index is 12.7. The van der Waals surface area contributed by atoms with Crippen molar-refractivity contribution in [3.63, 3.8) is 0 Å². The molecule has 1 aliphatic heterocycles. The molecule has 1 atom stereocenters. The monoisotopic (exact) mass is 310 g/mol. The fraction of sp³-hybridized carbons (Fsp3) is 0.316. The Morgan fingerprint density at radius 1 is 1.22 bits per heavy atom. The van der Waals surface area contributed by atoms with E-state index in [1.165, 1.54) is 5.56 Å². The molecule has 0 unspecified atom stereocenters. The minimum absolute atomic E-state index is 0.101. The molecule has 1 heterocycles. The van der Waals surface area contributed by atoms with Gasteiger partial charge in [-0.15, -0.1) is 0 Å². The molecule has 0 spiro atoms. The van der Waals surface area contributed by atoms with Crippen LogP contribution in [0.2, 0.25) is 0 Å². The standard InChI is InChI=1S/C19H22N2O2/c1-3-23-17-10-8-16(9-11-17)20-14(2)19(22)21-13-12-15-6-4-5-7-18(15)21/h4-11,14,20H,3,12-13H2,1-2H3/t14-/m1/s1. The van der Waals surface area contributed by atoms with Gasteiger partial charge in [0.15, 0.2) is 0 Å². The Balaban J connectivity index is 1.66. The lowest BCUT2D eigenvalue weighted by atomic mass is 10.2. The van der Waals surface area contributed by atoms with E-state index in [1.807, 2.05) is 61.2 Å². The highest BCUT2D eigenvalue weighted by molar-refractivity contribution is 6.00. The van der Waals surface area contributed by atoms with Crippen molar-refractivity contribution in [3.05, 3.63) is 54.1 Å². The molecule has 2 aromatic carbocycles. The number of amides is 1. The summed E-state index contributed by atoms with van der Waals surface area (Å²) < 4.78 is 5.43. The van der Waals surface area contributed by atoms with Crippen LogP contribution in [0.15, 0.2) is 48.5 Å². The third-order valence-electron chi connectivity index (χ3n) is 4.07. The summed E-state index contributed by atoms with van der Waals surface area (Å²) in [4.78, 5) is 14.6. The van der Waals surface area contributed by atoms with Gasteiger partial charge in [0.2, 0.25) is 5.91 Å². The molecule has 4 nitrogen and oxygen atoms in total. The maximum atomic E-state index is 12.7. The highest BCUT2D eigenvalue weighted by atomic mass is 16.5. The van der Waals surface area contributed by atoms with Gasteiger partial charge in [-0.25, -0.2) is 0 Å². The zero-order valence-corrected chi connectivity index (χ0v) is 13.6. The first-order chi connectivity index (χ1) is 11.2. The smallest absolute Gasteiger partial charge is 0.249 e. The largest absolute Gasteiger partial charge is 0.494 e. The van der Waals surface area contributed by atoms with E-state index < -0.39 is 0 Å². The van der Waals surface area contributed by atoms with Crippen molar-refractivity contribution < 1.29 is 9.53 Å². The van der Waals surface area contributed by atoms with Crippen LogP contribution in [0.3, 0.4) is 0 Å². The zero-order valence-electron chi connectivity index (χ0n) is 13.6. The molecule has 1 N–H and O–H groups in total. The first kappa shape index (κ1) is 15.4. The molecule has 3 rings (SSSR count). The van der Waals surface area contributed by atoms with E-state index in [9.17, 15) is 4.79 Å². The van der Waals surface area contributed by atoms with E-state index in [2.05, 4.69) is 11.4 Å². The second-order valence-electron chi connectivity index (χ2n) is 5.69. The molecule has 120 valence electrons. The molecule has 4 heteroatoms. The van der Waals surface area contributed by atoms with Crippen molar-refractivity contribution in [2.75, 3.05) is 23.4 Å². The summed E-state index contributed by atoms with van der Waals surface area (Å²) in [7, 11) is 0. The Kier molecular flexibility index (Phi) is 4.51. The quantitative estimate of drug-likeness (QED) is 0.919. The molecule has 0 saturated carbocycles. The van der Waals surface area contributed by atoms with Gasteiger partial charge in [0.05, 0.1) is 6.61 Å². The molecule has 1 amide bonds. The van der Waals surface area contributed by atoms with Gasteiger partial charge in [0.25, 0.3) is 0 Å². The lowest BCUT2D eigenvalue weighted by molar-refractivity contribution is -0.118. The predicted molar refractivity (Wildman–Crippen MR) is 93.2 cm³/mol. The van der Waals surface area contributed by atoms with Crippen LogP contribution in [0.1, 0.15) is 19.4 Å². The summed E-state index contributed by atoms with van der Waals surface area (Å²) in [5, 5.41) is 3.27. The van der Waals surface area contributed by atoms with Crippen LogP contribution < -0.4 is 15.0 Å². The summed E-state index contributed by atoms with van der Waals surface area (Å²) >= 11 is 0. The second-order valence-corrected chi connectivity index (χ2v) is 5.69. The predicted octanol–water partition coefficient (Wildman–Crippen LogP) is 3.48. The molecular weight excluding hydrogens is 288 g/mol. The number of nitrogens with one attached hydrogen (secondary N) is 1. The van der Waals surface area contributed by atoms with Crippen LogP contribution in [-0.2, 0) is 11.2 Å². The first-order valence-corrected chi connectivity index (χ1v) is 8.07. The molecule has 0 aliphatic carbocycles. The Hall–Kier alpha value is -2.49. The number of hydrogen-bond acceptors (Lipinski definition) is 3. The Labute approximate surface area is 137 Å². The van der Waals surface area contributed by atoms with Crippen molar-refractivity contribution in [1.29, 1.82) is 0 Å². The molecule has 1 aliphatic rings. The number of rotatable bonds is 5. The van der Waals surface area contributed by atoms with Crippen molar-refractivity contribution in [2.24, 2.45) is 0 Å². The van der Waals surface area contributed by atoms with Crippen molar-refractivity contribution in [2.45, 2.75) is 26.3 Å². The summed E-state index contributed by atoms with van der Waals surface area (Å²) in [5.41, 5.74) is 3.20. The van der Waals surface area contributed by atoms with E-state index in [0.717, 1.165) is 30.1 Å². The minimum Gasteiger partial charge on any atom is -0.494 e. The summed E-state index contributed by atoms with van der Waals surface area (Å²) in [5.74, 6) is 0.939. The summed E-state index contributed by atoms with van der Waals surface area (Å²) in [6, 6.07) is 15.5. The topological polar surface area (TPSA) is 41.6 Å². The van der Waals surface area contributed by atoms with Gasteiger partial charge in [0, 0.05) is 17.9 Å².